The number of hydrogen-bond donors (Lipinski definition) is 2. The number of nitrogens with two attached hydrogens (primary N) is 2. The fourth-order valence-corrected chi connectivity index (χ4v) is 1.25. The average Bonchev–Trinajstić information content (AvgIpc) is 2.31. The molecule has 0 spiro atoms. The molecule has 0 saturated heterocycles. The second kappa shape index (κ2) is 4.37. The van der Waals surface area contributed by atoms with Crippen LogP contribution in [-0.4, -0.2) is 9.97 Å². The molecular weight excluding hydrogens is 218 g/mol. The Balaban J connectivity index is 2.34. The number of rotatable bonds is 2. The van der Waals surface area contributed by atoms with Gasteiger partial charge < -0.3 is 16.2 Å². The van der Waals surface area contributed by atoms with E-state index in [4.69, 9.17) is 21.5 Å². The second-order valence-corrected chi connectivity index (χ2v) is 3.25. The Morgan fingerprint density at radius 3 is 2.71 bits per heavy atom. The highest BCUT2D eigenvalue weighted by Gasteiger charge is 2.06. The van der Waals surface area contributed by atoms with Crippen molar-refractivity contribution in [2.75, 3.05) is 11.5 Å². The molecule has 2 aromatic rings. The lowest BCUT2D eigenvalue weighted by molar-refractivity contribution is 0.460. The van der Waals surface area contributed by atoms with Crippen molar-refractivity contribution >= 4 is 11.5 Å². The van der Waals surface area contributed by atoms with Gasteiger partial charge in [-0.25, -0.2) is 9.97 Å². The SMILES string of the molecule is N#Cc1cc(N)ccc1Oc1cc(N)ncn1. The maximum atomic E-state index is 8.93. The van der Waals surface area contributed by atoms with E-state index < -0.39 is 0 Å². The summed E-state index contributed by atoms with van der Waals surface area (Å²) in [4.78, 5) is 7.62. The summed E-state index contributed by atoms with van der Waals surface area (Å²) in [6, 6.07) is 8.23. The van der Waals surface area contributed by atoms with Crippen LogP contribution in [-0.2, 0) is 0 Å². The van der Waals surface area contributed by atoms with Gasteiger partial charge in [0.1, 0.15) is 24.0 Å². The number of benzene rings is 1. The molecular formula is C11H9N5O. The highest BCUT2D eigenvalue weighted by atomic mass is 16.5. The lowest BCUT2D eigenvalue weighted by Crippen LogP contribution is -1.95. The summed E-state index contributed by atoms with van der Waals surface area (Å²) in [6.07, 6.45) is 1.29. The fourth-order valence-electron chi connectivity index (χ4n) is 1.25. The summed E-state index contributed by atoms with van der Waals surface area (Å²) in [5.74, 6) is 0.947. The monoisotopic (exact) mass is 227 g/mol. The Kier molecular flexibility index (Phi) is 2.75. The van der Waals surface area contributed by atoms with E-state index in [2.05, 4.69) is 9.97 Å². The van der Waals surface area contributed by atoms with Crippen molar-refractivity contribution in [3.05, 3.63) is 36.2 Å². The summed E-state index contributed by atoms with van der Waals surface area (Å²) in [5.41, 5.74) is 11.9. The highest BCUT2D eigenvalue weighted by molar-refractivity contribution is 5.54. The van der Waals surface area contributed by atoms with Crippen molar-refractivity contribution in [1.82, 2.24) is 9.97 Å². The van der Waals surface area contributed by atoms with E-state index in [-0.39, 0.29) is 5.88 Å². The summed E-state index contributed by atoms with van der Waals surface area (Å²) in [5, 5.41) is 8.93. The van der Waals surface area contributed by atoms with E-state index in [9.17, 15) is 0 Å². The number of nitriles is 1. The van der Waals surface area contributed by atoms with Crippen LogP contribution in [0.4, 0.5) is 11.5 Å². The summed E-state index contributed by atoms with van der Waals surface area (Å²) < 4.78 is 5.43. The maximum Gasteiger partial charge on any atom is 0.224 e. The molecule has 84 valence electrons. The van der Waals surface area contributed by atoms with Crippen LogP contribution in [0, 0.1) is 11.3 Å². The third-order valence-corrected chi connectivity index (χ3v) is 2.00. The topological polar surface area (TPSA) is 111 Å². The van der Waals surface area contributed by atoms with Crippen molar-refractivity contribution in [3.8, 4) is 17.7 Å². The molecule has 0 saturated carbocycles. The minimum absolute atomic E-state index is 0.277. The zero-order valence-electron chi connectivity index (χ0n) is 8.79. The number of anilines is 2. The standard InChI is InChI=1S/C11H9N5O/c12-5-7-3-8(13)1-2-9(7)17-11-4-10(14)15-6-16-11/h1-4,6H,13H2,(H2,14,15,16). The first-order chi connectivity index (χ1) is 8.19. The fraction of sp³-hybridized carbons (Fsp3) is 0. The van der Waals surface area contributed by atoms with Gasteiger partial charge in [-0.15, -0.1) is 0 Å². The molecule has 0 aliphatic heterocycles. The van der Waals surface area contributed by atoms with Gasteiger partial charge in [-0.1, -0.05) is 0 Å². The van der Waals surface area contributed by atoms with Gasteiger partial charge in [-0.3, -0.25) is 0 Å². The van der Waals surface area contributed by atoms with Gasteiger partial charge in [0.25, 0.3) is 0 Å². The maximum absolute atomic E-state index is 8.93. The van der Waals surface area contributed by atoms with Crippen molar-refractivity contribution < 1.29 is 4.74 Å². The van der Waals surface area contributed by atoms with Crippen molar-refractivity contribution in [3.63, 3.8) is 0 Å². The highest BCUT2D eigenvalue weighted by Crippen LogP contribution is 2.25. The van der Waals surface area contributed by atoms with Crippen LogP contribution < -0.4 is 16.2 Å². The molecule has 0 bridgehead atoms. The van der Waals surface area contributed by atoms with Crippen molar-refractivity contribution in [1.29, 1.82) is 5.26 Å². The first-order valence-electron chi connectivity index (χ1n) is 4.74. The number of nitrogens with zero attached hydrogens (tertiary/aromatic N) is 3. The molecule has 0 fully saturated rings. The smallest absolute Gasteiger partial charge is 0.224 e. The van der Waals surface area contributed by atoms with Crippen molar-refractivity contribution in [2.24, 2.45) is 0 Å². The van der Waals surface area contributed by atoms with Gasteiger partial charge in [0.05, 0.1) is 5.56 Å². The van der Waals surface area contributed by atoms with Gasteiger partial charge in [0, 0.05) is 11.8 Å². The van der Waals surface area contributed by atoms with E-state index in [1.54, 1.807) is 12.1 Å². The average molecular weight is 227 g/mol. The Morgan fingerprint density at radius 2 is 2.00 bits per heavy atom. The Hall–Kier alpha value is -2.81. The Labute approximate surface area is 97.5 Å². The largest absolute Gasteiger partial charge is 0.437 e. The molecule has 0 amide bonds. The number of ether oxygens (including phenoxy) is 1. The molecule has 0 atom stereocenters. The molecule has 4 N–H and O–H groups in total. The first kappa shape index (κ1) is 10.7. The minimum atomic E-state index is 0.277. The van der Waals surface area contributed by atoms with Gasteiger partial charge >= 0.3 is 0 Å². The third kappa shape index (κ3) is 2.41. The molecule has 0 radical (unpaired) electrons. The molecule has 1 aromatic heterocycles. The Bertz CT molecular complexity index is 591. The molecule has 0 aliphatic carbocycles. The molecule has 0 aliphatic rings. The molecule has 0 unspecified atom stereocenters. The Morgan fingerprint density at radius 1 is 1.18 bits per heavy atom. The lowest BCUT2D eigenvalue weighted by Gasteiger charge is -2.06. The zero-order chi connectivity index (χ0) is 12.3. The molecule has 1 heterocycles. The summed E-state index contributed by atoms with van der Waals surface area (Å²) >= 11 is 0. The number of aromatic nitrogens is 2. The predicted molar refractivity (Wildman–Crippen MR) is 62.1 cm³/mol. The quantitative estimate of drug-likeness (QED) is 0.748. The molecule has 2 rings (SSSR count). The lowest BCUT2D eigenvalue weighted by atomic mass is 10.2. The molecule has 17 heavy (non-hydrogen) atoms. The van der Waals surface area contributed by atoms with Crippen molar-refractivity contribution in [2.45, 2.75) is 0 Å². The van der Waals surface area contributed by atoms with Crippen LogP contribution >= 0.6 is 0 Å². The minimum Gasteiger partial charge on any atom is -0.437 e. The van der Waals surface area contributed by atoms with Crippen LogP contribution in [0.15, 0.2) is 30.6 Å². The van der Waals surface area contributed by atoms with E-state index in [1.165, 1.54) is 18.5 Å². The second-order valence-electron chi connectivity index (χ2n) is 3.25. The van der Waals surface area contributed by atoms with Crippen LogP contribution in [0.1, 0.15) is 5.56 Å². The summed E-state index contributed by atoms with van der Waals surface area (Å²) in [7, 11) is 0. The van der Waals surface area contributed by atoms with Crippen LogP contribution in [0.5, 0.6) is 11.6 Å². The zero-order valence-corrected chi connectivity index (χ0v) is 8.79. The molecule has 1 aromatic carbocycles. The number of hydrogen-bond acceptors (Lipinski definition) is 6. The van der Waals surface area contributed by atoms with E-state index in [0.717, 1.165) is 0 Å². The first-order valence-corrected chi connectivity index (χ1v) is 4.74. The van der Waals surface area contributed by atoms with Gasteiger partial charge in [-0.2, -0.15) is 5.26 Å². The van der Waals surface area contributed by atoms with Crippen LogP contribution in [0.2, 0.25) is 0 Å². The van der Waals surface area contributed by atoms with Crippen LogP contribution in [0.25, 0.3) is 0 Å². The number of nitrogen functional groups attached to an aromatic ring is 2. The van der Waals surface area contributed by atoms with Gasteiger partial charge in [0.2, 0.25) is 5.88 Å². The molecule has 6 heteroatoms. The third-order valence-electron chi connectivity index (χ3n) is 2.00. The molecule has 6 nitrogen and oxygen atoms in total. The van der Waals surface area contributed by atoms with Crippen LogP contribution in [0.3, 0.4) is 0 Å². The van der Waals surface area contributed by atoms with E-state index in [0.29, 0.717) is 22.8 Å². The van der Waals surface area contributed by atoms with E-state index >= 15 is 0 Å². The normalized spacial score (nSPS) is 9.59. The van der Waals surface area contributed by atoms with Gasteiger partial charge in [0.15, 0.2) is 0 Å². The van der Waals surface area contributed by atoms with E-state index in [1.807, 2.05) is 6.07 Å². The van der Waals surface area contributed by atoms with Gasteiger partial charge in [-0.05, 0) is 18.2 Å². The summed E-state index contributed by atoms with van der Waals surface area (Å²) in [6.45, 7) is 0. The predicted octanol–water partition coefficient (Wildman–Crippen LogP) is 1.30.